The van der Waals surface area contributed by atoms with E-state index in [1.54, 1.807) is 13.2 Å². The molecule has 0 aliphatic rings. The van der Waals surface area contributed by atoms with Gasteiger partial charge in [-0.1, -0.05) is 23.2 Å². The summed E-state index contributed by atoms with van der Waals surface area (Å²) in [5, 5.41) is 6.41. The third kappa shape index (κ3) is 6.91. The number of carbonyl (C=O) groups excluding carboxylic acids is 1. The SMILES string of the molecule is COCCNCC(=O)NCCOc1ncc(Cl)cc1Cl. The van der Waals surface area contributed by atoms with Gasteiger partial charge < -0.3 is 20.1 Å². The zero-order chi connectivity index (χ0) is 14.8. The van der Waals surface area contributed by atoms with Crippen LogP contribution in [0.3, 0.4) is 0 Å². The Labute approximate surface area is 127 Å². The third-order valence-electron chi connectivity index (χ3n) is 2.21. The lowest BCUT2D eigenvalue weighted by atomic mass is 10.5. The molecule has 0 unspecified atom stereocenters. The van der Waals surface area contributed by atoms with Gasteiger partial charge in [-0.15, -0.1) is 0 Å². The minimum Gasteiger partial charge on any atom is -0.475 e. The lowest BCUT2D eigenvalue weighted by Crippen LogP contribution is -2.37. The third-order valence-corrected chi connectivity index (χ3v) is 2.68. The van der Waals surface area contributed by atoms with Gasteiger partial charge in [-0.3, -0.25) is 4.79 Å². The summed E-state index contributed by atoms with van der Waals surface area (Å²) >= 11 is 11.6. The van der Waals surface area contributed by atoms with E-state index in [-0.39, 0.29) is 19.1 Å². The van der Waals surface area contributed by atoms with Crippen molar-refractivity contribution in [3.05, 3.63) is 22.3 Å². The first-order chi connectivity index (χ1) is 9.63. The van der Waals surface area contributed by atoms with Gasteiger partial charge in [-0.2, -0.15) is 0 Å². The molecule has 2 N–H and O–H groups in total. The molecule has 112 valence electrons. The fourth-order valence-electron chi connectivity index (χ4n) is 1.29. The zero-order valence-electron chi connectivity index (χ0n) is 11.1. The van der Waals surface area contributed by atoms with Crippen LogP contribution in [0.5, 0.6) is 5.88 Å². The van der Waals surface area contributed by atoms with Gasteiger partial charge in [0, 0.05) is 19.9 Å². The Morgan fingerprint density at radius 1 is 1.35 bits per heavy atom. The Balaban J connectivity index is 2.13. The maximum absolute atomic E-state index is 11.4. The van der Waals surface area contributed by atoms with E-state index in [0.717, 1.165) is 0 Å². The van der Waals surface area contributed by atoms with Gasteiger partial charge in [0.1, 0.15) is 11.6 Å². The summed E-state index contributed by atoms with van der Waals surface area (Å²) in [6.45, 7) is 2.08. The highest BCUT2D eigenvalue weighted by atomic mass is 35.5. The maximum atomic E-state index is 11.4. The average Bonchev–Trinajstić information content (AvgIpc) is 2.41. The molecule has 0 fully saturated rings. The first kappa shape index (κ1) is 17.0. The summed E-state index contributed by atoms with van der Waals surface area (Å²) in [7, 11) is 1.61. The Morgan fingerprint density at radius 2 is 2.15 bits per heavy atom. The Hall–Kier alpha value is -1.08. The number of rotatable bonds is 9. The number of nitrogens with one attached hydrogen (secondary N) is 2. The number of aromatic nitrogens is 1. The molecule has 0 bridgehead atoms. The number of halogens is 2. The normalized spacial score (nSPS) is 10.3. The molecule has 0 aromatic carbocycles. The Kier molecular flexibility index (Phi) is 8.29. The van der Waals surface area contributed by atoms with Gasteiger partial charge in [0.05, 0.1) is 24.7 Å². The number of nitrogens with zero attached hydrogens (tertiary/aromatic N) is 1. The van der Waals surface area contributed by atoms with Crippen molar-refractivity contribution in [2.45, 2.75) is 0 Å². The second-order valence-electron chi connectivity index (χ2n) is 3.81. The molecule has 0 aliphatic heterocycles. The minimum absolute atomic E-state index is 0.111. The number of pyridine rings is 1. The highest BCUT2D eigenvalue weighted by Crippen LogP contribution is 2.24. The summed E-state index contributed by atoms with van der Waals surface area (Å²) in [5.74, 6) is 0.184. The van der Waals surface area contributed by atoms with E-state index in [9.17, 15) is 4.79 Å². The average molecular weight is 322 g/mol. The Bertz CT molecular complexity index is 432. The Morgan fingerprint density at radius 3 is 2.85 bits per heavy atom. The highest BCUT2D eigenvalue weighted by Gasteiger charge is 2.04. The van der Waals surface area contributed by atoms with Crippen molar-refractivity contribution in [3.8, 4) is 5.88 Å². The fourth-order valence-corrected chi connectivity index (χ4v) is 1.72. The number of amides is 1. The van der Waals surface area contributed by atoms with Gasteiger partial charge in [0.15, 0.2) is 0 Å². The topological polar surface area (TPSA) is 72.5 Å². The first-order valence-corrected chi connectivity index (χ1v) is 6.79. The van der Waals surface area contributed by atoms with Crippen molar-refractivity contribution in [3.63, 3.8) is 0 Å². The van der Waals surface area contributed by atoms with Gasteiger partial charge >= 0.3 is 0 Å². The second kappa shape index (κ2) is 9.77. The van der Waals surface area contributed by atoms with Crippen LogP contribution < -0.4 is 15.4 Å². The summed E-state index contributed by atoms with van der Waals surface area (Å²) < 4.78 is 10.2. The molecular weight excluding hydrogens is 305 g/mol. The molecule has 0 radical (unpaired) electrons. The van der Waals surface area contributed by atoms with Gasteiger partial charge in [-0.05, 0) is 6.07 Å². The lowest BCUT2D eigenvalue weighted by molar-refractivity contribution is -0.120. The van der Waals surface area contributed by atoms with E-state index >= 15 is 0 Å². The van der Waals surface area contributed by atoms with Crippen LogP contribution in [0, 0.1) is 0 Å². The molecule has 1 aromatic heterocycles. The maximum Gasteiger partial charge on any atom is 0.234 e. The molecule has 6 nitrogen and oxygen atoms in total. The molecule has 20 heavy (non-hydrogen) atoms. The molecule has 0 saturated heterocycles. The number of methoxy groups -OCH3 is 1. The van der Waals surface area contributed by atoms with Crippen LogP contribution in [0.15, 0.2) is 12.3 Å². The summed E-state index contributed by atoms with van der Waals surface area (Å²) in [4.78, 5) is 15.3. The number of hydrogen-bond donors (Lipinski definition) is 2. The smallest absolute Gasteiger partial charge is 0.234 e. The van der Waals surface area contributed by atoms with Crippen molar-refractivity contribution >= 4 is 29.1 Å². The van der Waals surface area contributed by atoms with E-state index in [1.807, 2.05) is 0 Å². The molecule has 0 spiro atoms. The first-order valence-electron chi connectivity index (χ1n) is 6.03. The standard InChI is InChI=1S/C12H17Cl2N3O3/c1-19-4-2-15-8-11(18)16-3-5-20-12-10(14)6-9(13)7-17-12/h6-7,15H,2-5,8H2,1H3,(H,16,18). The second-order valence-corrected chi connectivity index (χ2v) is 4.65. The van der Waals surface area contributed by atoms with Crippen molar-refractivity contribution in [2.24, 2.45) is 0 Å². The van der Waals surface area contributed by atoms with Crippen LogP contribution in [-0.2, 0) is 9.53 Å². The summed E-state index contributed by atoms with van der Waals surface area (Å²) in [6, 6.07) is 1.55. The van der Waals surface area contributed by atoms with Crippen LogP contribution in [0.25, 0.3) is 0 Å². The predicted molar refractivity (Wildman–Crippen MR) is 77.5 cm³/mol. The zero-order valence-corrected chi connectivity index (χ0v) is 12.6. The van der Waals surface area contributed by atoms with E-state index in [2.05, 4.69) is 15.6 Å². The number of hydrogen-bond acceptors (Lipinski definition) is 5. The van der Waals surface area contributed by atoms with Crippen molar-refractivity contribution in [1.29, 1.82) is 0 Å². The molecule has 1 amide bonds. The van der Waals surface area contributed by atoms with Crippen LogP contribution >= 0.6 is 23.2 Å². The molecule has 1 heterocycles. The van der Waals surface area contributed by atoms with Gasteiger partial charge in [0.2, 0.25) is 11.8 Å². The monoisotopic (exact) mass is 321 g/mol. The van der Waals surface area contributed by atoms with Crippen LogP contribution in [0.4, 0.5) is 0 Å². The summed E-state index contributed by atoms with van der Waals surface area (Å²) in [6.07, 6.45) is 1.45. The molecule has 1 aromatic rings. The van der Waals surface area contributed by atoms with Crippen molar-refractivity contribution in [1.82, 2.24) is 15.6 Å². The molecule has 8 heteroatoms. The largest absolute Gasteiger partial charge is 0.475 e. The van der Waals surface area contributed by atoms with E-state index in [0.29, 0.717) is 35.6 Å². The predicted octanol–water partition coefficient (Wildman–Crippen LogP) is 1.12. The highest BCUT2D eigenvalue weighted by molar-refractivity contribution is 6.35. The quantitative estimate of drug-likeness (QED) is 0.667. The van der Waals surface area contributed by atoms with Crippen molar-refractivity contribution in [2.75, 3.05) is 40.0 Å². The van der Waals surface area contributed by atoms with E-state index in [4.69, 9.17) is 32.7 Å². The minimum atomic E-state index is -0.111. The van der Waals surface area contributed by atoms with Crippen LogP contribution in [0.2, 0.25) is 10.0 Å². The molecule has 0 aliphatic carbocycles. The fraction of sp³-hybridized carbons (Fsp3) is 0.500. The van der Waals surface area contributed by atoms with Crippen molar-refractivity contribution < 1.29 is 14.3 Å². The summed E-state index contributed by atoms with van der Waals surface area (Å²) in [5.41, 5.74) is 0. The molecule has 0 saturated carbocycles. The van der Waals surface area contributed by atoms with E-state index < -0.39 is 0 Å². The van der Waals surface area contributed by atoms with Crippen LogP contribution in [0.1, 0.15) is 0 Å². The number of carbonyl (C=O) groups is 1. The molecule has 0 atom stereocenters. The number of ether oxygens (including phenoxy) is 2. The molecular formula is C12H17Cl2N3O3. The lowest BCUT2D eigenvalue weighted by Gasteiger charge is -2.08. The van der Waals surface area contributed by atoms with Crippen LogP contribution in [-0.4, -0.2) is 50.8 Å². The van der Waals surface area contributed by atoms with Gasteiger partial charge in [0.25, 0.3) is 0 Å². The molecule has 1 rings (SSSR count). The van der Waals surface area contributed by atoms with Gasteiger partial charge in [-0.25, -0.2) is 4.98 Å². The van der Waals surface area contributed by atoms with E-state index in [1.165, 1.54) is 6.20 Å².